The lowest BCUT2D eigenvalue weighted by molar-refractivity contribution is -0.164. The summed E-state index contributed by atoms with van der Waals surface area (Å²) in [4.78, 5) is 13.8. The molecule has 0 radical (unpaired) electrons. The molecule has 2 heterocycles. The minimum atomic E-state index is -0.906. The second kappa shape index (κ2) is 10.5. The molecule has 2 aliphatic rings. The van der Waals surface area contributed by atoms with Crippen LogP contribution in [-0.4, -0.2) is 43.2 Å². The lowest BCUT2D eigenvalue weighted by atomic mass is 9.84. The number of para-hydroxylation sites is 1. The molecule has 2 aromatic carbocycles. The zero-order valence-corrected chi connectivity index (χ0v) is 19.1. The number of ether oxygens (including phenoxy) is 2. The number of benzene rings is 2. The zero-order chi connectivity index (χ0) is 22.4. The Morgan fingerprint density at radius 1 is 1.03 bits per heavy atom. The first-order valence-electron chi connectivity index (χ1n) is 12.0. The van der Waals surface area contributed by atoms with Crippen molar-refractivity contribution >= 4 is 11.7 Å². The highest BCUT2D eigenvalue weighted by molar-refractivity contribution is 5.87. The van der Waals surface area contributed by atoms with Gasteiger partial charge >= 0.3 is 5.97 Å². The summed E-state index contributed by atoms with van der Waals surface area (Å²) in [6, 6.07) is 16.0. The highest BCUT2D eigenvalue weighted by atomic mass is 16.7. The van der Waals surface area contributed by atoms with Crippen molar-refractivity contribution in [1.82, 2.24) is 0 Å². The Labute approximate surface area is 191 Å². The molecule has 5 heteroatoms. The summed E-state index contributed by atoms with van der Waals surface area (Å²) in [5.74, 6) is -1.23. The summed E-state index contributed by atoms with van der Waals surface area (Å²) in [6.45, 7) is 5.69. The second-order valence-corrected chi connectivity index (χ2v) is 9.08. The van der Waals surface area contributed by atoms with E-state index in [1.807, 2.05) is 12.1 Å². The van der Waals surface area contributed by atoms with Crippen molar-refractivity contribution in [2.24, 2.45) is 0 Å². The average molecular weight is 438 g/mol. The number of rotatable bonds is 9. The molecule has 0 saturated carbocycles. The third-order valence-electron chi connectivity index (χ3n) is 6.76. The quantitative estimate of drug-likeness (QED) is 0.551. The number of piperidine rings is 1. The van der Waals surface area contributed by atoms with E-state index >= 15 is 0 Å². The normalized spacial score (nSPS) is 19.1. The highest BCUT2D eigenvalue weighted by Crippen LogP contribution is 2.41. The minimum Gasteiger partial charge on any atom is -0.478 e. The van der Waals surface area contributed by atoms with Crippen molar-refractivity contribution in [3.05, 3.63) is 65.2 Å². The monoisotopic (exact) mass is 437 g/mol. The molecule has 2 saturated heterocycles. The van der Waals surface area contributed by atoms with E-state index in [0.717, 1.165) is 37.9 Å². The van der Waals surface area contributed by atoms with Gasteiger partial charge in [0, 0.05) is 31.6 Å². The van der Waals surface area contributed by atoms with Crippen molar-refractivity contribution in [2.75, 3.05) is 31.2 Å². The zero-order valence-electron chi connectivity index (χ0n) is 19.1. The van der Waals surface area contributed by atoms with Crippen LogP contribution < -0.4 is 4.90 Å². The summed E-state index contributed by atoms with van der Waals surface area (Å²) < 4.78 is 12.5. The predicted octanol–water partition coefficient (Wildman–Crippen LogP) is 5.63. The summed E-state index contributed by atoms with van der Waals surface area (Å²) in [7, 11) is 0. The summed E-state index contributed by atoms with van der Waals surface area (Å²) in [6.07, 6.45) is 7.44. The van der Waals surface area contributed by atoms with Crippen molar-refractivity contribution in [2.45, 2.75) is 63.6 Å². The van der Waals surface area contributed by atoms with Gasteiger partial charge in [0.2, 0.25) is 0 Å². The fourth-order valence-electron chi connectivity index (χ4n) is 5.21. The Morgan fingerprint density at radius 2 is 1.72 bits per heavy atom. The van der Waals surface area contributed by atoms with E-state index in [0.29, 0.717) is 31.1 Å². The van der Waals surface area contributed by atoms with Crippen LogP contribution in [0.1, 0.15) is 72.9 Å². The van der Waals surface area contributed by atoms with Crippen LogP contribution in [0.4, 0.5) is 5.69 Å². The highest BCUT2D eigenvalue weighted by Gasteiger charge is 2.40. The average Bonchev–Trinajstić information content (AvgIpc) is 3.28. The number of aromatic carboxylic acids is 1. The summed E-state index contributed by atoms with van der Waals surface area (Å²) in [5.41, 5.74) is 4.10. The number of hydrogen-bond acceptors (Lipinski definition) is 4. The van der Waals surface area contributed by atoms with Gasteiger partial charge in [0.1, 0.15) is 0 Å². The van der Waals surface area contributed by atoms with Gasteiger partial charge in [-0.05, 0) is 60.9 Å². The Bertz CT molecular complexity index is 883. The molecule has 0 aromatic heterocycles. The van der Waals surface area contributed by atoms with Crippen LogP contribution in [0.2, 0.25) is 0 Å². The molecule has 2 fully saturated rings. The first-order chi connectivity index (χ1) is 15.6. The van der Waals surface area contributed by atoms with Crippen LogP contribution in [0.25, 0.3) is 0 Å². The lowest BCUT2D eigenvalue weighted by Gasteiger charge is -2.36. The van der Waals surface area contributed by atoms with Crippen LogP contribution in [0.3, 0.4) is 0 Å². The van der Waals surface area contributed by atoms with Gasteiger partial charge in [-0.1, -0.05) is 43.7 Å². The van der Waals surface area contributed by atoms with E-state index in [4.69, 9.17) is 9.47 Å². The number of anilines is 1. The van der Waals surface area contributed by atoms with E-state index in [-0.39, 0.29) is 0 Å². The van der Waals surface area contributed by atoms with Crippen LogP contribution in [0, 0.1) is 0 Å². The maximum absolute atomic E-state index is 11.2. The van der Waals surface area contributed by atoms with Crippen molar-refractivity contribution < 1.29 is 19.4 Å². The molecule has 2 aromatic rings. The maximum Gasteiger partial charge on any atom is 0.335 e. The number of carboxylic acids is 1. The fourth-order valence-corrected chi connectivity index (χ4v) is 5.21. The molecule has 32 heavy (non-hydrogen) atoms. The number of nitrogens with zero attached hydrogens (tertiary/aromatic N) is 1. The van der Waals surface area contributed by atoms with Gasteiger partial charge in [-0.3, -0.25) is 0 Å². The number of carboxylic acid groups (broad SMARTS) is 1. The standard InChI is InChI=1S/C27H35NO4/c1-2-8-23(24-9-4-5-10-25(24)28-15-6-3-7-16-28)20-27(31-17-18-32-27)19-21-11-13-22(14-12-21)26(29)30/h4-5,9-14,23H,2-3,6-8,15-20H2,1H3,(H,29,30). The van der Waals surface area contributed by atoms with Gasteiger partial charge in [-0.15, -0.1) is 0 Å². The molecule has 2 aliphatic heterocycles. The summed E-state index contributed by atoms with van der Waals surface area (Å²) >= 11 is 0. The van der Waals surface area contributed by atoms with E-state index < -0.39 is 11.8 Å². The van der Waals surface area contributed by atoms with Crippen LogP contribution in [0.15, 0.2) is 48.5 Å². The number of carbonyl (C=O) groups is 1. The Balaban J connectivity index is 1.58. The third kappa shape index (κ3) is 5.33. The van der Waals surface area contributed by atoms with Crippen LogP contribution in [0.5, 0.6) is 0 Å². The molecule has 1 atom stereocenters. The first kappa shape index (κ1) is 22.8. The molecule has 1 unspecified atom stereocenters. The third-order valence-corrected chi connectivity index (χ3v) is 6.76. The van der Waals surface area contributed by atoms with Crippen LogP contribution >= 0.6 is 0 Å². The molecule has 4 rings (SSSR count). The molecule has 0 bridgehead atoms. The van der Waals surface area contributed by atoms with Crippen molar-refractivity contribution in [3.8, 4) is 0 Å². The van der Waals surface area contributed by atoms with Crippen LogP contribution in [-0.2, 0) is 15.9 Å². The molecule has 172 valence electrons. The second-order valence-electron chi connectivity index (χ2n) is 9.08. The Hall–Kier alpha value is -2.37. The smallest absolute Gasteiger partial charge is 0.335 e. The first-order valence-corrected chi connectivity index (χ1v) is 12.0. The van der Waals surface area contributed by atoms with Crippen molar-refractivity contribution in [1.29, 1.82) is 0 Å². The largest absolute Gasteiger partial charge is 0.478 e. The molecule has 0 amide bonds. The summed E-state index contributed by atoms with van der Waals surface area (Å²) in [5, 5.41) is 9.19. The van der Waals surface area contributed by atoms with Crippen molar-refractivity contribution in [3.63, 3.8) is 0 Å². The number of hydrogen-bond donors (Lipinski definition) is 1. The van der Waals surface area contributed by atoms with Gasteiger partial charge in [0.05, 0.1) is 18.8 Å². The molecule has 5 nitrogen and oxygen atoms in total. The molecule has 0 spiro atoms. The van der Waals surface area contributed by atoms with E-state index in [1.54, 1.807) is 12.1 Å². The Morgan fingerprint density at radius 3 is 2.38 bits per heavy atom. The molecular weight excluding hydrogens is 402 g/mol. The van der Waals surface area contributed by atoms with Gasteiger partial charge in [0.15, 0.2) is 5.79 Å². The van der Waals surface area contributed by atoms with Gasteiger partial charge < -0.3 is 19.5 Å². The molecular formula is C27H35NO4. The fraction of sp³-hybridized carbons (Fsp3) is 0.519. The SMILES string of the molecule is CCCC(CC1(Cc2ccc(C(=O)O)cc2)OCCO1)c1ccccc1N1CCCCC1. The molecule has 1 N–H and O–H groups in total. The minimum absolute atomic E-state index is 0.301. The molecule has 0 aliphatic carbocycles. The maximum atomic E-state index is 11.2. The lowest BCUT2D eigenvalue weighted by Crippen LogP contribution is -2.36. The van der Waals surface area contributed by atoms with E-state index in [9.17, 15) is 9.90 Å². The topological polar surface area (TPSA) is 59.0 Å². The predicted molar refractivity (Wildman–Crippen MR) is 127 cm³/mol. The van der Waals surface area contributed by atoms with Gasteiger partial charge in [-0.2, -0.15) is 0 Å². The van der Waals surface area contributed by atoms with Gasteiger partial charge in [0.25, 0.3) is 0 Å². The van der Waals surface area contributed by atoms with Gasteiger partial charge in [-0.25, -0.2) is 4.79 Å². The Kier molecular flexibility index (Phi) is 7.48. The van der Waals surface area contributed by atoms with E-state index in [1.165, 1.54) is 30.5 Å². The van der Waals surface area contributed by atoms with E-state index in [2.05, 4.69) is 36.1 Å².